The lowest BCUT2D eigenvalue weighted by Crippen LogP contribution is -2.07. The minimum Gasteiger partial charge on any atom is -0.207 e. The number of hydrogen-bond donors (Lipinski definition) is 1. The second-order valence-electron chi connectivity index (χ2n) is 3.91. The largest absolute Gasteiger partial charge is 0.207 e. The summed E-state index contributed by atoms with van der Waals surface area (Å²) < 4.78 is 27.3. The van der Waals surface area contributed by atoms with Crippen LogP contribution in [0.5, 0.6) is 0 Å². The Labute approximate surface area is 97.9 Å². The molecule has 2 rings (SSSR count). The van der Waals surface area contributed by atoms with Crippen molar-refractivity contribution < 1.29 is 8.78 Å². The molecule has 1 heterocycles. The maximum absolute atomic E-state index is 13.6. The SMILES string of the molecule is CCC(Cc1cn[nH]n1)c1c(F)cccc1F. The molecule has 0 saturated heterocycles. The van der Waals surface area contributed by atoms with Crippen LogP contribution in [0.3, 0.4) is 0 Å². The lowest BCUT2D eigenvalue weighted by atomic mass is 9.91. The topological polar surface area (TPSA) is 41.6 Å². The molecule has 0 amide bonds. The normalized spacial score (nSPS) is 12.6. The maximum atomic E-state index is 13.6. The van der Waals surface area contributed by atoms with Crippen LogP contribution in [-0.4, -0.2) is 15.4 Å². The van der Waals surface area contributed by atoms with Crippen molar-refractivity contribution in [1.29, 1.82) is 0 Å². The molecule has 90 valence electrons. The van der Waals surface area contributed by atoms with Gasteiger partial charge in [0.1, 0.15) is 11.6 Å². The lowest BCUT2D eigenvalue weighted by molar-refractivity contribution is 0.510. The van der Waals surface area contributed by atoms with Crippen LogP contribution in [0.1, 0.15) is 30.5 Å². The number of aromatic amines is 1. The molecule has 0 saturated carbocycles. The van der Waals surface area contributed by atoms with Crippen LogP contribution in [0.15, 0.2) is 24.4 Å². The van der Waals surface area contributed by atoms with E-state index in [1.165, 1.54) is 18.2 Å². The molecule has 17 heavy (non-hydrogen) atoms. The Hall–Kier alpha value is -1.78. The molecule has 0 aliphatic carbocycles. The first-order valence-electron chi connectivity index (χ1n) is 5.51. The van der Waals surface area contributed by atoms with Gasteiger partial charge in [-0.15, -0.1) is 0 Å². The van der Waals surface area contributed by atoms with Crippen molar-refractivity contribution in [3.63, 3.8) is 0 Å². The van der Waals surface area contributed by atoms with Crippen LogP contribution in [0, 0.1) is 11.6 Å². The zero-order valence-corrected chi connectivity index (χ0v) is 9.45. The Morgan fingerprint density at radius 2 is 2.00 bits per heavy atom. The summed E-state index contributed by atoms with van der Waals surface area (Å²) in [6, 6.07) is 3.94. The Balaban J connectivity index is 2.29. The van der Waals surface area contributed by atoms with Crippen LogP contribution in [0.25, 0.3) is 0 Å². The summed E-state index contributed by atoms with van der Waals surface area (Å²) >= 11 is 0. The molecule has 1 aromatic carbocycles. The van der Waals surface area contributed by atoms with Crippen LogP contribution in [0.2, 0.25) is 0 Å². The maximum Gasteiger partial charge on any atom is 0.129 e. The minimum absolute atomic E-state index is 0.137. The molecule has 5 heteroatoms. The molecule has 1 aromatic heterocycles. The van der Waals surface area contributed by atoms with Gasteiger partial charge in [-0.1, -0.05) is 13.0 Å². The standard InChI is InChI=1S/C12H13F2N3/c1-2-8(6-9-7-15-17-16-9)12-10(13)4-3-5-11(12)14/h3-5,7-8H,2,6H2,1H3,(H,15,16,17). The van der Waals surface area contributed by atoms with Gasteiger partial charge in [0.25, 0.3) is 0 Å². The zero-order chi connectivity index (χ0) is 12.3. The summed E-state index contributed by atoms with van der Waals surface area (Å²) in [5.74, 6) is -1.22. The van der Waals surface area contributed by atoms with Crippen molar-refractivity contribution in [2.75, 3.05) is 0 Å². The average Bonchev–Trinajstić information content (AvgIpc) is 2.80. The van der Waals surface area contributed by atoms with E-state index in [0.29, 0.717) is 18.5 Å². The fraction of sp³-hybridized carbons (Fsp3) is 0.333. The van der Waals surface area contributed by atoms with E-state index in [1.54, 1.807) is 6.20 Å². The van der Waals surface area contributed by atoms with Gasteiger partial charge in [0, 0.05) is 12.0 Å². The number of hydrogen-bond acceptors (Lipinski definition) is 2. The van der Waals surface area contributed by atoms with Gasteiger partial charge in [0.05, 0.1) is 11.9 Å². The third-order valence-corrected chi connectivity index (χ3v) is 2.82. The molecule has 0 bridgehead atoms. The van der Waals surface area contributed by atoms with Crippen molar-refractivity contribution in [3.8, 4) is 0 Å². The van der Waals surface area contributed by atoms with Gasteiger partial charge in [-0.05, 0) is 24.5 Å². The highest BCUT2D eigenvalue weighted by Gasteiger charge is 2.19. The van der Waals surface area contributed by atoms with E-state index in [1.807, 2.05) is 6.92 Å². The number of rotatable bonds is 4. The lowest BCUT2D eigenvalue weighted by Gasteiger charge is -2.15. The molecular formula is C12H13F2N3. The zero-order valence-electron chi connectivity index (χ0n) is 9.45. The molecule has 0 fully saturated rings. The molecule has 0 aliphatic rings. The van der Waals surface area contributed by atoms with E-state index in [-0.39, 0.29) is 11.5 Å². The Kier molecular flexibility index (Phi) is 3.46. The summed E-state index contributed by atoms with van der Waals surface area (Å²) in [5, 5.41) is 10.1. The van der Waals surface area contributed by atoms with Crippen LogP contribution >= 0.6 is 0 Å². The Morgan fingerprint density at radius 1 is 1.29 bits per heavy atom. The van der Waals surface area contributed by atoms with Crippen molar-refractivity contribution in [1.82, 2.24) is 15.4 Å². The van der Waals surface area contributed by atoms with Gasteiger partial charge in [0.2, 0.25) is 0 Å². The van der Waals surface area contributed by atoms with E-state index in [4.69, 9.17) is 0 Å². The Bertz CT molecular complexity index is 462. The summed E-state index contributed by atoms with van der Waals surface area (Å²) in [6.45, 7) is 1.90. The fourth-order valence-corrected chi connectivity index (χ4v) is 1.93. The van der Waals surface area contributed by atoms with E-state index in [9.17, 15) is 8.78 Å². The highest BCUT2D eigenvalue weighted by atomic mass is 19.1. The van der Waals surface area contributed by atoms with Crippen LogP contribution in [-0.2, 0) is 6.42 Å². The van der Waals surface area contributed by atoms with Crippen LogP contribution in [0.4, 0.5) is 8.78 Å². The van der Waals surface area contributed by atoms with Gasteiger partial charge in [-0.3, -0.25) is 0 Å². The first kappa shape index (κ1) is 11.7. The first-order valence-corrected chi connectivity index (χ1v) is 5.51. The Morgan fingerprint density at radius 3 is 2.53 bits per heavy atom. The van der Waals surface area contributed by atoms with Gasteiger partial charge in [0.15, 0.2) is 0 Å². The van der Waals surface area contributed by atoms with E-state index >= 15 is 0 Å². The van der Waals surface area contributed by atoms with Gasteiger partial charge >= 0.3 is 0 Å². The number of nitrogens with one attached hydrogen (secondary N) is 1. The summed E-state index contributed by atoms with van der Waals surface area (Å²) in [6.07, 6.45) is 2.69. The smallest absolute Gasteiger partial charge is 0.129 e. The highest BCUT2D eigenvalue weighted by Crippen LogP contribution is 2.27. The first-order chi connectivity index (χ1) is 8.22. The average molecular weight is 237 g/mol. The van der Waals surface area contributed by atoms with Gasteiger partial charge in [-0.25, -0.2) is 8.78 Å². The van der Waals surface area contributed by atoms with Crippen molar-refractivity contribution in [2.24, 2.45) is 0 Å². The minimum atomic E-state index is -0.500. The molecule has 3 nitrogen and oxygen atoms in total. The predicted octanol–water partition coefficient (Wildman–Crippen LogP) is 2.82. The summed E-state index contributed by atoms with van der Waals surface area (Å²) in [7, 11) is 0. The van der Waals surface area contributed by atoms with Gasteiger partial charge in [-0.2, -0.15) is 15.4 Å². The monoisotopic (exact) mass is 237 g/mol. The highest BCUT2D eigenvalue weighted by molar-refractivity contribution is 5.25. The van der Waals surface area contributed by atoms with Crippen molar-refractivity contribution >= 4 is 0 Å². The fourth-order valence-electron chi connectivity index (χ4n) is 1.93. The van der Waals surface area contributed by atoms with E-state index in [0.717, 1.165) is 0 Å². The number of benzene rings is 1. The molecule has 0 spiro atoms. The number of H-pyrrole nitrogens is 1. The third kappa shape index (κ3) is 2.49. The molecule has 0 radical (unpaired) electrons. The molecule has 1 unspecified atom stereocenters. The summed E-state index contributed by atoms with van der Waals surface area (Å²) in [4.78, 5) is 0. The molecule has 0 aliphatic heterocycles. The van der Waals surface area contributed by atoms with Crippen LogP contribution < -0.4 is 0 Å². The molecular weight excluding hydrogens is 224 g/mol. The number of halogens is 2. The quantitative estimate of drug-likeness (QED) is 0.888. The molecule has 2 aromatic rings. The van der Waals surface area contributed by atoms with Gasteiger partial charge < -0.3 is 0 Å². The summed E-state index contributed by atoms with van der Waals surface area (Å²) in [5.41, 5.74) is 0.845. The third-order valence-electron chi connectivity index (χ3n) is 2.82. The molecule has 1 atom stereocenters. The predicted molar refractivity (Wildman–Crippen MR) is 59.5 cm³/mol. The van der Waals surface area contributed by atoms with E-state index < -0.39 is 11.6 Å². The number of aromatic nitrogens is 3. The molecule has 1 N–H and O–H groups in total. The number of nitrogens with zero attached hydrogens (tertiary/aromatic N) is 2. The second kappa shape index (κ2) is 5.03. The van der Waals surface area contributed by atoms with Crippen molar-refractivity contribution in [3.05, 3.63) is 47.3 Å². The van der Waals surface area contributed by atoms with E-state index in [2.05, 4.69) is 15.4 Å². The second-order valence-corrected chi connectivity index (χ2v) is 3.91. The van der Waals surface area contributed by atoms with Crippen molar-refractivity contribution in [2.45, 2.75) is 25.7 Å².